The number of benzene rings is 10. The molecule has 0 unspecified atom stereocenters. The molecule has 0 saturated carbocycles. The van der Waals surface area contributed by atoms with Crippen LogP contribution in [0.2, 0.25) is 0 Å². The fourth-order valence-electron chi connectivity index (χ4n) is 8.73. The molecule has 31 nitrogen and oxygen atoms in total. The molecule has 93 heavy (non-hydrogen) atoms. The van der Waals surface area contributed by atoms with E-state index >= 15 is 0 Å². The fraction of sp³-hybridized carbons (Fsp3) is 0.0370. The van der Waals surface area contributed by atoms with Gasteiger partial charge in [-0.25, -0.2) is 0 Å². The summed E-state index contributed by atoms with van der Waals surface area (Å²) in [5.41, 5.74) is 1.66. The number of aromatic hydroxyl groups is 4. The van der Waals surface area contributed by atoms with Crippen molar-refractivity contribution in [1.82, 2.24) is 0 Å². The van der Waals surface area contributed by atoms with E-state index in [0.29, 0.717) is 44.7 Å². The van der Waals surface area contributed by atoms with Crippen LogP contribution in [0.25, 0.3) is 43.1 Å². The normalized spacial score (nSPS) is 12.0. The predicted molar refractivity (Wildman–Crippen MR) is 323 cm³/mol. The average molecular weight is 1490 g/mol. The zero-order valence-corrected chi connectivity index (χ0v) is 53.1. The molecular weight excluding hydrogens is 1450 g/mol. The Balaban J connectivity index is 0.00000130. The van der Waals surface area contributed by atoms with E-state index in [2.05, 4.69) is 46.2 Å². The van der Waals surface area contributed by atoms with Crippen molar-refractivity contribution in [2.75, 3.05) is 5.32 Å². The Labute approximate surface area is 548 Å². The van der Waals surface area contributed by atoms with Gasteiger partial charge in [0.1, 0.15) is 48.9 Å². The molecule has 490 valence electrons. The van der Waals surface area contributed by atoms with Gasteiger partial charge in [0.25, 0.3) is 40.5 Å². The number of aryl methyl sites for hydroxylation is 2. The van der Waals surface area contributed by atoms with Crippen molar-refractivity contribution in [2.45, 2.75) is 33.4 Å². The van der Waals surface area contributed by atoms with Gasteiger partial charge < -0.3 is 25.7 Å². The molecule has 0 bridgehead atoms. The predicted octanol–water partition coefficient (Wildman–Crippen LogP) is 12.1. The van der Waals surface area contributed by atoms with E-state index in [0.717, 1.165) is 18.2 Å². The second-order valence-electron chi connectivity index (χ2n) is 18.9. The molecule has 10 rings (SSSR count). The average Bonchev–Trinajstić information content (AvgIpc) is 0.787. The molecule has 0 atom stereocenters. The molecule has 0 amide bonds. The minimum Gasteiger partial charge on any atom is -0.506 e. The van der Waals surface area contributed by atoms with Crippen LogP contribution in [0.4, 0.5) is 56.9 Å². The largest absolute Gasteiger partial charge is 0.506 e. The number of phenols is 4. The molecule has 0 aliphatic rings. The number of azo groups is 4. The molecule has 0 saturated heterocycles. The summed E-state index contributed by atoms with van der Waals surface area (Å²) in [6.45, 7) is 3.23. The second-order valence-corrected chi connectivity index (χ2v) is 25.3. The van der Waals surface area contributed by atoms with Crippen LogP contribution in [-0.2, 0) is 95.8 Å². The Bertz CT molecular complexity index is 5540. The van der Waals surface area contributed by atoms with Gasteiger partial charge in [0.15, 0.2) is 11.5 Å². The van der Waals surface area contributed by atoms with Gasteiger partial charge in [-0.15, -0.1) is 45.7 Å². The molecule has 39 heteroatoms. The first kappa shape index (κ1) is 72.6. The van der Waals surface area contributed by atoms with Gasteiger partial charge in [-0.2, -0.15) is 54.1 Å². The van der Waals surface area contributed by atoms with E-state index in [9.17, 15) is 72.3 Å². The van der Waals surface area contributed by atoms with E-state index in [1.807, 2.05) is 0 Å². The maximum Gasteiger partial charge on any atom is 0.425 e. The van der Waals surface area contributed by atoms with Gasteiger partial charge >= 0.3 is 21.2 Å². The SMILES string of the molecule is Cc1cc(N=Nc2ccc3cc(Nc4ccc5c(O)c(N=Nc6cc(C)c(N=Nc7ccc8cc(S(=O)(=O)O)cc(S(=O)(=O)O)c8c7)cc6O)c(S(=O)(=O)O)cc5c4)ccc3c2O)c(O)cc1N=Nc1ccc2cccc(S(=O)(=O)O)c2c1.O=S(=O)=O.O=S(=O)=O.[Cu].[Cu]. The van der Waals surface area contributed by atoms with Gasteiger partial charge in [-0.1, -0.05) is 30.3 Å². The molecule has 10 aromatic rings. The van der Waals surface area contributed by atoms with Crippen molar-refractivity contribution >= 4 is 162 Å². The number of hydrogen-bond acceptors (Lipinski definition) is 27. The van der Waals surface area contributed by atoms with Crippen LogP contribution in [0.15, 0.2) is 206 Å². The Morgan fingerprint density at radius 2 is 0.785 bits per heavy atom. The second kappa shape index (κ2) is 29.0. The Hall–Kier alpha value is -9.44. The summed E-state index contributed by atoms with van der Waals surface area (Å²) in [7, 11) is -25.7. The van der Waals surface area contributed by atoms with Crippen molar-refractivity contribution < 1.29 is 132 Å². The van der Waals surface area contributed by atoms with E-state index in [4.69, 9.17) is 25.3 Å². The van der Waals surface area contributed by atoms with Gasteiger partial charge in [0.2, 0.25) is 0 Å². The summed E-state index contributed by atoms with van der Waals surface area (Å²) < 4.78 is 187. The van der Waals surface area contributed by atoms with Crippen LogP contribution in [0.5, 0.6) is 23.0 Å². The number of fused-ring (bicyclic) bond motifs is 4. The number of anilines is 2. The van der Waals surface area contributed by atoms with Crippen molar-refractivity contribution in [2.24, 2.45) is 40.9 Å². The zero-order valence-electron chi connectivity index (χ0n) is 46.3. The molecular formula is C54H39Cu2N9O22S6. The summed E-state index contributed by atoms with van der Waals surface area (Å²) in [6, 6.07) is 33.4. The Kier molecular flexibility index (Phi) is 22.7. The van der Waals surface area contributed by atoms with Gasteiger partial charge in [0.05, 0.1) is 27.6 Å². The number of nitrogens with one attached hydrogen (secondary N) is 1. The third kappa shape index (κ3) is 17.8. The summed E-state index contributed by atoms with van der Waals surface area (Å²) >= 11 is 0. The fourth-order valence-corrected chi connectivity index (χ4v) is 11.4. The molecule has 0 aromatic heterocycles. The van der Waals surface area contributed by atoms with Crippen LogP contribution in [0.3, 0.4) is 0 Å². The smallest absolute Gasteiger partial charge is 0.425 e. The minimum absolute atomic E-state index is 0. The van der Waals surface area contributed by atoms with Crippen molar-refractivity contribution in [3.05, 3.63) is 157 Å². The van der Waals surface area contributed by atoms with Crippen LogP contribution < -0.4 is 5.32 Å². The minimum atomic E-state index is -5.08. The molecule has 2 radical (unpaired) electrons. The summed E-state index contributed by atoms with van der Waals surface area (Å²) in [6.07, 6.45) is 0. The standard InChI is InChI=1S/C54H39N9O16S4.2Cu.2O3S/c1-27-16-45(47(64)25-43(27)59-56-35-9-6-29-4-3-5-49(40(29)22-35)81(71,72)73)61-58-42-15-8-30-18-33(11-13-38(30)53(42)66)55-34-12-14-39-32(19-34)21-51(83(77,78)79)52(54(39)67)63-62-46-17-28(2)44(26-48(46)65)60-57-36-10-7-31-20-37(80(68,69)70)24-50(41(31)23-36)82(74,75)76;;;2*1-4(2)3/h3-26,55,64-67H,1-2H3,(H,68,69,70)(H,71,72,73)(H,74,75,76)(H,77,78,79);;;;. The molecule has 0 fully saturated rings. The Morgan fingerprint density at radius 3 is 1.29 bits per heavy atom. The van der Waals surface area contributed by atoms with E-state index in [-0.39, 0.29) is 117 Å². The van der Waals surface area contributed by atoms with Gasteiger partial charge in [0, 0.05) is 79.2 Å². The van der Waals surface area contributed by atoms with E-state index < -0.39 is 93.6 Å². The quantitative estimate of drug-likeness (QED) is 0.0277. The maximum atomic E-state index is 12.7. The number of phenolic OH excluding ortho intramolecular Hbond substituents is 4. The van der Waals surface area contributed by atoms with Crippen LogP contribution in [0, 0.1) is 13.8 Å². The molecule has 0 aliphatic heterocycles. The van der Waals surface area contributed by atoms with Crippen molar-refractivity contribution in [1.29, 1.82) is 0 Å². The third-order valence-electron chi connectivity index (χ3n) is 12.8. The van der Waals surface area contributed by atoms with E-state index in [1.54, 1.807) is 55.5 Å². The number of rotatable bonds is 14. The summed E-state index contributed by atoms with van der Waals surface area (Å²) in [5.74, 6) is -1.76. The molecule has 0 spiro atoms. The van der Waals surface area contributed by atoms with Crippen molar-refractivity contribution in [3.8, 4) is 23.0 Å². The first-order valence-electron chi connectivity index (χ1n) is 24.8. The van der Waals surface area contributed by atoms with Crippen molar-refractivity contribution in [3.63, 3.8) is 0 Å². The van der Waals surface area contributed by atoms with Crippen LogP contribution in [0.1, 0.15) is 11.1 Å². The summed E-state index contributed by atoms with van der Waals surface area (Å²) in [5, 5.41) is 82.1. The Morgan fingerprint density at radius 1 is 0.355 bits per heavy atom. The summed E-state index contributed by atoms with van der Waals surface area (Å²) in [4.78, 5) is -2.71. The number of nitrogens with zero attached hydrogens (tertiary/aromatic N) is 8. The van der Waals surface area contributed by atoms with Gasteiger partial charge in [-0.05, 0) is 150 Å². The molecule has 0 aliphatic carbocycles. The first-order chi connectivity index (χ1) is 42.5. The van der Waals surface area contributed by atoms with Gasteiger partial charge in [-0.3, -0.25) is 18.2 Å². The van der Waals surface area contributed by atoms with Crippen LogP contribution in [-0.4, -0.2) is 97.6 Å². The van der Waals surface area contributed by atoms with Crippen LogP contribution >= 0.6 is 0 Å². The molecule has 9 N–H and O–H groups in total. The first-order valence-corrected chi connectivity index (χ1v) is 32.5. The van der Waals surface area contributed by atoms with E-state index in [1.165, 1.54) is 79.7 Å². The number of hydrogen-bond donors (Lipinski definition) is 9. The molecule has 10 aromatic carbocycles. The maximum absolute atomic E-state index is 12.7. The topological polar surface area (TPSA) is 512 Å². The zero-order chi connectivity index (χ0) is 66.7. The monoisotopic (exact) mass is 1480 g/mol. The third-order valence-corrected chi connectivity index (χ3v) is 16.3. The molecule has 0 heterocycles.